The molecule has 0 saturated heterocycles. The quantitative estimate of drug-likeness (QED) is 0.803. The van der Waals surface area contributed by atoms with E-state index in [4.69, 9.17) is 0 Å². The Bertz CT molecular complexity index is 470. The van der Waals surface area contributed by atoms with Gasteiger partial charge in [-0.2, -0.15) is 4.68 Å². The zero-order chi connectivity index (χ0) is 12.8. The van der Waals surface area contributed by atoms with Gasteiger partial charge in [0.1, 0.15) is 0 Å². The number of hydrogen-bond donors (Lipinski definition) is 2. The smallest absolute Gasteiger partial charge is 0.247 e. The first-order valence-electron chi connectivity index (χ1n) is 6.07. The van der Waals surface area contributed by atoms with Crippen LogP contribution in [-0.2, 0) is 0 Å². The van der Waals surface area contributed by atoms with Crippen LogP contribution in [-0.4, -0.2) is 38.0 Å². The predicted molar refractivity (Wildman–Crippen MR) is 68.6 cm³/mol. The van der Waals surface area contributed by atoms with Crippen molar-refractivity contribution < 1.29 is 5.11 Å². The zero-order valence-electron chi connectivity index (χ0n) is 10.3. The summed E-state index contributed by atoms with van der Waals surface area (Å²) in [6, 6.07) is 9.62. The zero-order valence-corrected chi connectivity index (χ0v) is 10.3. The van der Waals surface area contributed by atoms with E-state index in [2.05, 4.69) is 20.8 Å². The first kappa shape index (κ1) is 12.5. The van der Waals surface area contributed by atoms with Gasteiger partial charge < -0.3 is 10.4 Å². The molecule has 96 valence electrons. The van der Waals surface area contributed by atoms with Crippen molar-refractivity contribution in [2.24, 2.45) is 0 Å². The lowest BCUT2D eigenvalue weighted by molar-refractivity contribution is 0.176. The number of rotatable bonds is 6. The summed E-state index contributed by atoms with van der Waals surface area (Å²) in [5.41, 5.74) is 0.884. The van der Waals surface area contributed by atoms with Crippen LogP contribution >= 0.6 is 0 Å². The highest BCUT2D eigenvalue weighted by molar-refractivity contribution is 5.38. The number of aliphatic hydroxyl groups excluding tert-OH is 1. The molecule has 18 heavy (non-hydrogen) atoms. The van der Waals surface area contributed by atoms with Crippen molar-refractivity contribution in [2.45, 2.75) is 25.9 Å². The van der Waals surface area contributed by atoms with Crippen LogP contribution in [0.3, 0.4) is 0 Å². The van der Waals surface area contributed by atoms with Crippen LogP contribution in [0.5, 0.6) is 0 Å². The lowest BCUT2D eigenvalue weighted by Gasteiger charge is -2.11. The Morgan fingerprint density at radius 2 is 2.11 bits per heavy atom. The van der Waals surface area contributed by atoms with Crippen LogP contribution in [0.4, 0.5) is 5.95 Å². The lowest BCUT2D eigenvalue weighted by Crippen LogP contribution is -2.21. The monoisotopic (exact) mass is 247 g/mol. The van der Waals surface area contributed by atoms with Gasteiger partial charge in [0.15, 0.2) is 0 Å². The lowest BCUT2D eigenvalue weighted by atomic mass is 10.2. The van der Waals surface area contributed by atoms with E-state index in [1.165, 1.54) is 0 Å². The Kier molecular flexibility index (Phi) is 4.25. The number of nitrogens with zero attached hydrogens (tertiary/aromatic N) is 4. The average Bonchev–Trinajstić information content (AvgIpc) is 2.86. The van der Waals surface area contributed by atoms with E-state index in [0.29, 0.717) is 12.5 Å². The second-order valence-corrected chi connectivity index (χ2v) is 4.07. The molecule has 1 atom stereocenters. The minimum atomic E-state index is -0.379. The van der Waals surface area contributed by atoms with E-state index >= 15 is 0 Å². The number of para-hydroxylation sites is 1. The summed E-state index contributed by atoms with van der Waals surface area (Å²) >= 11 is 0. The van der Waals surface area contributed by atoms with E-state index in [1.54, 1.807) is 4.68 Å². The van der Waals surface area contributed by atoms with Gasteiger partial charge in [0.25, 0.3) is 0 Å². The van der Waals surface area contributed by atoms with Gasteiger partial charge in [-0.15, -0.1) is 0 Å². The molecule has 1 heterocycles. The molecule has 0 saturated carbocycles. The summed E-state index contributed by atoms with van der Waals surface area (Å²) in [6.45, 7) is 2.48. The molecule has 0 aliphatic heterocycles. The molecule has 2 N–H and O–H groups in total. The predicted octanol–water partition coefficient (Wildman–Crippen LogP) is 1.24. The minimum absolute atomic E-state index is 0.379. The molecule has 0 amide bonds. The fourth-order valence-corrected chi connectivity index (χ4v) is 1.68. The van der Waals surface area contributed by atoms with Crippen molar-refractivity contribution >= 4 is 5.95 Å². The van der Waals surface area contributed by atoms with Crippen LogP contribution in [0.1, 0.15) is 19.8 Å². The Hall–Kier alpha value is -1.95. The first-order chi connectivity index (χ1) is 8.81. The summed E-state index contributed by atoms with van der Waals surface area (Å²) in [5, 5.41) is 24.2. The summed E-state index contributed by atoms with van der Waals surface area (Å²) in [5.74, 6) is 0.538. The maximum absolute atomic E-state index is 9.67. The van der Waals surface area contributed by atoms with Crippen LogP contribution in [0.25, 0.3) is 5.69 Å². The van der Waals surface area contributed by atoms with E-state index in [0.717, 1.165) is 18.5 Å². The summed E-state index contributed by atoms with van der Waals surface area (Å²) in [6.07, 6.45) is 1.34. The van der Waals surface area contributed by atoms with Gasteiger partial charge in [0.2, 0.25) is 5.95 Å². The fraction of sp³-hybridized carbons (Fsp3) is 0.417. The molecule has 0 radical (unpaired) electrons. The van der Waals surface area contributed by atoms with Crippen LogP contribution in [0, 0.1) is 0 Å². The fourth-order valence-electron chi connectivity index (χ4n) is 1.68. The third-order valence-corrected chi connectivity index (χ3v) is 2.59. The van der Waals surface area contributed by atoms with Gasteiger partial charge >= 0.3 is 0 Å². The van der Waals surface area contributed by atoms with Gasteiger partial charge in [-0.1, -0.05) is 36.6 Å². The summed E-state index contributed by atoms with van der Waals surface area (Å²) in [7, 11) is 0. The van der Waals surface area contributed by atoms with E-state index in [-0.39, 0.29) is 6.10 Å². The highest BCUT2D eigenvalue weighted by Gasteiger charge is 2.09. The van der Waals surface area contributed by atoms with Crippen molar-refractivity contribution in [1.82, 2.24) is 20.2 Å². The second kappa shape index (κ2) is 6.11. The van der Waals surface area contributed by atoms with Crippen molar-refractivity contribution in [1.29, 1.82) is 0 Å². The highest BCUT2D eigenvalue weighted by atomic mass is 16.3. The number of benzene rings is 1. The molecule has 0 fully saturated rings. The molecule has 6 heteroatoms. The third kappa shape index (κ3) is 3.04. The Morgan fingerprint density at radius 1 is 1.33 bits per heavy atom. The maximum atomic E-state index is 9.67. The molecule has 1 aromatic carbocycles. The normalized spacial score (nSPS) is 12.3. The SMILES string of the molecule is CCCC(O)CNc1nnnn1-c1ccccc1. The maximum Gasteiger partial charge on any atom is 0.247 e. The summed E-state index contributed by atoms with van der Waals surface area (Å²) in [4.78, 5) is 0. The Balaban J connectivity index is 2.05. The molecule has 2 aromatic rings. The number of aliphatic hydroxyl groups is 1. The number of hydrogen-bond acceptors (Lipinski definition) is 5. The van der Waals surface area contributed by atoms with Gasteiger partial charge in [-0.3, -0.25) is 0 Å². The molecule has 1 aromatic heterocycles. The number of aromatic nitrogens is 4. The molecule has 0 aliphatic carbocycles. The molecule has 0 bridgehead atoms. The molecule has 2 rings (SSSR count). The van der Waals surface area contributed by atoms with Crippen molar-refractivity contribution in [2.75, 3.05) is 11.9 Å². The second-order valence-electron chi connectivity index (χ2n) is 4.07. The van der Waals surface area contributed by atoms with Gasteiger partial charge in [0, 0.05) is 6.54 Å². The number of nitrogens with one attached hydrogen (secondary N) is 1. The van der Waals surface area contributed by atoms with Gasteiger partial charge in [0.05, 0.1) is 11.8 Å². The Morgan fingerprint density at radius 3 is 2.83 bits per heavy atom. The molecule has 0 aliphatic rings. The van der Waals surface area contributed by atoms with Gasteiger partial charge in [-0.25, -0.2) is 0 Å². The first-order valence-corrected chi connectivity index (χ1v) is 6.07. The summed E-state index contributed by atoms with van der Waals surface area (Å²) < 4.78 is 1.61. The minimum Gasteiger partial charge on any atom is -0.391 e. The number of anilines is 1. The van der Waals surface area contributed by atoms with E-state index < -0.39 is 0 Å². The van der Waals surface area contributed by atoms with E-state index in [1.807, 2.05) is 37.3 Å². The van der Waals surface area contributed by atoms with Crippen molar-refractivity contribution in [3.05, 3.63) is 30.3 Å². The third-order valence-electron chi connectivity index (χ3n) is 2.59. The topological polar surface area (TPSA) is 75.9 Å². The van der Waals surface area contributed by atoms with Crippen molar-refractivity contribution in [3.8, 4) is 5.69 Å². The van der Waals surface area contributed by atoms with E-state index in [9.17, 15) is 5.11 Å². The molecule has 0 spiro atoms. The largest absolute Gasteiger partial charge is 0.391 e. The standard InChI is InChI=1S/C12H17N5O/c1-2-6-11(18)9-13-12-14-15-16-17(12)10-7-4-3-5-8-10/h3-5,7-8,11,18H,2,6,9H2,1H3,(H,13,14,16). The molecular formula is C12H17N5O. The van der Waals surface area contributed by atoms with Crippen LogP contribution < -0.4 is 5.32 Å². The average molecular weight is 247 g/mol. The molecule has 1 unspecified atom stereocenters. The highest BCUT2D eigenvalue weighted by Crippen LogP contribution is 2.10. The van der Waals surface area contributed by atoms with Crippen LogP contribution in [0.2, 0.25) is 0 Å². The van der Waals surface area contributed by atoms with Gasteiger partial charge in [-0.05, 0) is 29.0 Å². The molecular weight excluding hydrogens is 230 g/mol. The van der Waals surface area contributed by atoms with Crippen LogP contribution in [0.15, 0.2) is 30.3 Å². The molecule has 6 nitrogen and oxygen atoms in total. The Labute approximate surface area is 106 Å². The number of tetrazole rings is 1. The van der Waals surface area contributed by atoms with Crippen molar-refractivity contribution in [3.63, 3.8) is 0 Å².